The van der Waals surface area contributed by atoms with E-state index in [0.717, 1.165) is 0 Å². The van der Waals surface area contributed by atoms with Gasteiger partial charge in [-0.2, -0.15) is 0 Å². The predicted octanol–water partition coefficient (Wildman–Crippen LogP) is 1.21. The van der Waals surface area contributed by atoms with E-state index in [9.17, 15) is 33.9 Å². The molecule has 7 N–H and O–H groups in total. The van der Waals surface area contributed by atoms with Crippen LogP contribution < -0.4 is 31.9 Å². The van der Waals surface area contributed by atoms with E-state index in [0.29, 0.717) is 32.4 Å². The third kappa shape index (κ3) is 20.3. The minimum Gasteiger partial charge on any atom is -0.480 e. The molecule has 0 fully saturated rings. The molecular weight excluding hydrogens is 556 g/mol. The summed E-state index contributed by atoms with van der Waals surface area (Å²) < 4.78 is 0. The van der Waals surface area contributed by atoms with Gasteiger partial charge in [-0.25, -0.2) is 4.79 Å². The fourth-order valence-electron chi connectivity index (χ4n) is 3.93. The van der Waals surface area contributed by atoms with E-state index in [1.54, 1.807) is 13.8 Å². The van der Waals surface area contributed by atoms with Crippen LogP contribution in [0.1, 0.15) is 101 Å². The molecule has 13 nitrogen and oxygen atoms in total. The van der Waals surface area contributed by atoms with Gasteiger partial charge in [0.15, 0.2) is 0 Å². The molecule has 43 heavy (non-hydrogen) atoms. The fraction of sp³-hybridized carbons (Fsp3) is 0.800. The number of carbonyl (C=O) groups excluding carboxylic acids is 5. The number of carbonyl (C=O) groups is 6. The van der Waals surface area contributed by atoms with E-state index in [1.807, 2.05) is 41.5 Å². The van der Waals surface area contributed by atoms with Gasteiger partial charge < -0.3 is 37.0 Å². The minimum absolute atomic E-state index is 0.0523. The van der Waals surface area contributed by atoms with Crippen LogP contribution in [0.15, 0.2) is 0 Å². The summed E-state index contributed by atoms with van der Waals surface area (Å²) in [6.07, 6.45) is 1.70. The van der Waals surface area contributed by atoms with Gasteiger partial charge in [0, 0.05) is 44.4 Å². The molecular formula is C30H56N6O7. The number of amides is 5. The number of carboxylic acids is 1. The Kier molecular flexibility index (Phi) is 17.7. The molecule has 5 amide bonds. The Balaban J connectivity index is 4.48. The van der Waals surface area contributed by atoms with Crippen molar-refractivity contribution < 1.29 is 33.9 Å². The summed E-state index contributed by atoms with van der Waals surface area (Å²) >= 11 is 0. The number of hydrogen-bond acceptors (Lipinski definition) is 7. The largest absolute Gasteiger partial charge is 0.480 e. The van der Waals surface area contributed by atoms with Crippen molar-refractivity contribution in [1.82, 2.24) is 31.9 Å². The number of hydrogen-bond donors (Lipinski definition) is 7. The molecule has 0 bridgehead atoms. The summed E-state index contributed by atoms with van der Waals surface area (Å²) in [5, 5.41) is 25.9. The molecule has 0 rings (SSSR count). The first-order valence-electron chi connectivity index (χ1n) is 15.1. The van der Waals surface area contributed by atoms with E-state index in [1.165, 1.54) is 6.92 Å². The van der Waals surface area contributed by atoms with Crippen LogP contribution in [-0.4, -0.2) is 83.9 Å². The maximum atomic E-state index is 12.8. The summed E-state index contributed by atoms with van der Waals surface area (Å²) in [6.45, 7) is 17.8. The topological polar surface area (TPSA) is 195 Å². The zero-order valence-corrected chi connectivity index (χ0v) is 27.6. The Hall–Kier alpha value is -3.22. The van der Waals surface area contributed by atoms with Crippen LogP contribution in [0.5, 0.6) is 0 Å². The molecule has 0 aromatic heterocycles. The molecule has 0 saturated carbocycles. The van der Waals surface area contributed by atoms with Crippen LogP contribution in [0.3, 0.4) is 0 Å². The van der Waals surface area contributed by atoms with Crippen molar-refractivity contribution in [3.63, 3.8) is 0 Å². The lowest BCUT2D eigenvalue weighted by molar-refractivity contribution is -0.142. The number of nitrogens with one attached hydrogen (secondary N) is 6. The third-order valence-electron chi connectivity index (χ3n) is 6.24. The summed E-state index contributed by atoms with van der Waals surface area (Å²) in [5.74, 6) is -3.25. The zero-order chi connectivity index (χ0) is 33.4. The number of rotatable bonds is 19. The molecule has 0 aliphatic heterocycles. The second-order valence-corrected chi connectivity index (χ2v) is 13.5. The average Bonchev–Trinajstić information content (AvgIpc) is 2.83. The van der Waals surface area contributed by atoms with Gasteiger partial charge in [-0.05, 0) is 58.3 Å². The maximum Gasteiger partial charge on any atom is 0.326 e. The highest BCUT2D eigenvalue weighted by atomic mass is 16.4. The molecule has 0 radical (unpaired) electrons. The van der Waals surface area contributed by atoms with Gasteiger partial charge in [0.25, 0.3) is 0 Å². The van der Waals surface area contributed by atoms with Crippen molar-refractivity contribution in [2.24, 2.45) is 11.3 Å². The van der Waals surface area contributed by atoms with Crippen LogP contribution in [0.2, 0.25) is 0 Å². The smallest absolute Gasteiger partial charge is 0.326 e. The van der Waals surface area contributed by atoms with Gasteiger partial charge in [0.1, 0.15) is 18.1 Å². The lowest BCUT2D eigenvalue weighted by Gasteiger charge is -2.25. The van der Waals surface area contributed by atoms with Crippen molar-refractivity contribution in [2.45, 2.75) is 125 Å². The molecule has 248 valence electrons. The Labute approximate surface area is 256 Å². The molecule has 0 aliphatic carbocycles. The quantitative estimate of drug-likeness (QED) is 0.106. The van der Waals surface area contributed by atoms with Gasteiger partial charge in [-0.1, -0.05) is 34.6 Å². The second-order valence-electron chi connectivity index (χ2n) is 13.5. The van der Waals surface area contributed by atoms with Gasteiger partial charge in [-0.15, -0.1) is 0 Å². The van der Waals surface area contributed by atoms with Gasteiger partial charge >= 0.3 is 5.97 Å². The Morgan fingerprint density at radius 3 is 1.81 bits per heavy atom. The first-order chi connectivity index (χ1) is 19.7. The summed E-state index contributed by atoms with van der Waals surface area (Å²) in [6, 6.07) is -2.82. The average molecular weight is 613 g/mol. The van der Waals surface area contributed by atoms with Crippen LogP contribution >= 0.6 is 0 Å². The van der Waals surface area contributed by atoms with Gasteiger partial charge in [0.2, 0.25) is 29.5 Å². The van der Waals surface area contributed by atoms with Crippen LogP contribution in [0.25, 0.3) is 0 Å². The summed E-state index contributed by atoms with van der Waals surface area (Å²) in [7, 11) is 0. The summed E-state index contributed by atoms with van der Waals surface area (Å²) in [5.41, 5.74) is -0.308. The Morgan fingerprint density at radius 1 is 0.674 bits per heavy atom. The van der Waals surface area contributed by atoms with Crippen molar-refractivity contribution in [2.75, 3.05) is 19.6 Å². The molecule has 0 aliphatic rings. The molecule has 0 unspecified atom stereocenters. The third-order valence-corrected chi connectivity index (χ3v) is 6.24. The summed E-state index contributed by atoms with van der Waals surface area (Å²) in [4.78, 5) is 73.3. The first kappa shape index (κ1) is 39.8. The normalized spacial score (nSPS) is 13.8. The first-order valence-corrected chi connectivity index (χ1v) is 15.1. The number of carboxylic acid groups (broad SMARTS) is 1. The molecule has 0 aromatic carbocycles. The molecule has 0 aromatic rings. The molecule has 0 spiro atoms. The maximum absolute atomic E-state index is 12.8. The lowest BCUT2D eigenvalue weighted by Crippen LogP contribution is -2.55. The van der Waals surface area contributed by atoms with Crippen molar-refractivity contribution in [1.29, 1.82) is 0 Å². The molecule has 3 atom stereocenters. The minimum atomic E-state index is -1.17. The van der Waals surface area contributed by atoms with E-state index in [4.69, 9.17) is 0 Å². The van der Waals surface area contributed by atoms with E-state index < -0.39 is 41.8 Å². The van der Waals surface area contributed by atoms with Crippen molar-refractivity contribution >= 4 is 35.5 Å². The second kappa shape index (κ2) is 19.1. The van der Waals surface area contributed by atoms with E-state index >= 15 is 0 Å². The Bertz CT molecular complexity index is 940. The lowest BCUT2D eigenvalue weighted by atomic mass is 9.91. The van der Waals surface area contributed by atoms with Gasteiger partial charge in [-0.3, -0.25) is 24.0 Å². The highest BCUT2D eigenvalue weighted by molar-refractivity contribution is 5.92. The predicted molar refractivity (Wildman–Crippen MR) is 165 cm³/mol. The van der Waals surface area contributed by atoms with Crippen LogP contribution in [0, 0.1) is 11.3 Å². The molecule has 0 heterocycles. The van der Waals surface area contributed by atoms with Crippen molar-refractivity contribution in [3.8, 4) is 0 Å². The monoisotopic (exact) mass is 612 g/mol. The van der Waals surface area contributed by atoms with Crippen LogP contribution in [-0.2, 0) is 28.8 Å². The van der Waals surface area contributed by atoms with Crippen LogP contribution in [0.4, 0.5) is 0 Å². The SMILES string of the molecule is CC(C)[C@H](NC(=O)CC(C)(C)C)C(=O)N[C@@H](C)C(=O)NCCC(=O)N[C@@H](CCCCNC(=O)CCNC(C)(C)C)C(=O)O. The number of aliphatic carboxylic acids is 1. The Morgan fingerprint density at radius 2 is 1.28 bits per heavy atom. The highest BCUT2D eigenvalue weighted by Gasteiger charge is 2.28. The van der Waals surface area contributed by atoms with E-state index in [-0.39, 0.29) is 54.5 Å². The highest BCUT2D eigenvalue weighted by Crippen LogP contribution is 2.18. The molecule has 0 saturated heterocycles. The zero-order valence-electron chi connectivity index (χ0n) is 27.6. The fourth-order valence-corrected chi connectivity index (χ4v) is 3.93. The number of unbranched alkanes of at least 4 members (excludes halogenated alkanes) is 1. The van der Waals surface area contributed by atoms with Crippen molar-refractivity contribution in [3.05, 3.63) is 0 Å². The molecule has 13 heteroatoms. The van der Waals surface area contributed by atoms with E-state index in [2.05, 4.69) is 31.9 Å². The standard InChI is InChI=1S/C30H56N6O7/c1-19(2)25(36-24(39)18-29(4,5)6)27(41)34-20(3)26(40)32-16-13-23(38)35-21(28(42)43)12-10-11-15-31-22(37)14-17-33-30(7,8)9/h19-21,25,33H,10-18H2,1-9H3,(H,31,37)(H,32,40)(H,34,41)(H,35,38)(H,36,39)(H,42,43)/t20-,21-,25-/m0/s1. The van der Waals surface area contributed by atoms with Gasteiger partial charge in [0.05, 0.1) is 0 Å².